The first-order chi connectivity index (χ1) is 7.27. The summed E-state index contributed by atoms with van der Waals surface area (Å²) in [6, 6.07) is 0.495. The number of hydrogen-bond acceptors (Lipinski definition) is 3. The number of carbonyl (C=O) groups is 1. The lowest BCUT2D eigenvalue weighted by Gasteiger charge is -2.36. The highest BCUT2D eigenvalue weighted by Gasteiger charge is 2.26. The molecule has 0 radical (unpaired) electrons. The lowest BCUT2D eigenvalue weighted by atomic mass is 9.87. The lowest BCUT2D eigenvalue weighted by molar-refractivity contribution is -0.121. The van der Waals surface area contributed by atoms with Gasteiger partial charge in [0.25, 0.3) is 0 Å². The fraction of sp³-hybridized carbons (Fsp3) is 0.750. The molecule has 2 rings (SSSR count). The van der Waals surface area contributed by atoms with Crippen molar-refractivity contribution in [3.05, 3.63) is 12.2 Å². The van der Waals surface area contributed by atoms with Crippen LogP contribution in [0.25, 0.3) is 0 Å². The van der Waals surface area contributed by atoms with Crippen LogP contribution in [0.5, 0.6) is 0 Å². The molecule has 2 atom stereocenters. The van der Waals surface area contributed by atoms with Crippen molar-refractivity contribution in [3.8, 4) is 0 Å². The number of nitrogens with zero attached hydrogens (tertiary/aromatic N) is 1. The molecule has 84 valence electrons. The van der Waals surface area contributed by atoms with Crippen molar-refractivity contribution in [1.82, 2.24) is 10.2 Å². The average Bonchev–Trinajstić information content (AvgIpc) is 2.30. The predicted octanol–water partition coefficient (Wildman–Crippen LogP) is 0.815. The SMILES string of the molecule is CC(=O)[C@H]1CC=C[C@H](N2CCNCC2)C1. The monoisotopic (exact) mass is 208 g/mol. The fourth-order valence-electron chi connectivity index (χ4n) is 2.48. The Bertz CT molecular complexity index is 256. The van der Waals surface area contributed by atoms with Crippen LogP contribution in [0.15, 0.2) is 12.2 Å². The molecule has 1 aliphatic heterocycles. The van der Waals surface area contributed by atoms with Gasteiger partial charge in [-0.05, 0) is 19.8 Å². The van der Waals surface area contributed by atoms with Crippen LogP contribution in [0.4, 0.5) is 0 Å². The van der Waals surface area contributed by atoms with Gasteiger partial charge in [-0.3, -0.25) is 9.69 Å². The van der Waals surface area contributed by atoms with Gasteiger partial charge in [0.05, 0.1) is 0 Å². The standard InChI is InChI=1S/C12H20N2O/c1-10(15)11-3-2-4-12(9-11)14-7-5-13-6-8-14/h2,4,11-13H,3,5-9H2,1H3/t11-,12-/m0/s1. The summed E-state index contributed by atoms with van der Waals surface area (Å²) in [5, 5.41) is 3.36. The second kappa shape index (κ2) is 4.90. The highest BCUT2D eigenvalue weighted by atomic mass is 16.1. The summed E-state index contributed by atoms with van der Waals surface area (Å²) >= 11 is 0. The number of ketones is 1. The van der Waals surface area contributed by atoms with E-state index in [0.29, 0.717) is 11.8 Å². The zero-order chi connectivity index (χ0) is 10.7. The van der Waals surface area contributed by atoms with Crippen LogP contribution >= 0.6 is 0 Å². The second-order valence-corrected chi connectivity index (χ2v) is 4.56. The predicted molar refractivity (Wildman–Crippen MR) is 60.8 cm³/mol. The van der Waals surface area contributed by atoms with Crippen molar-refractivity contribution >= 4 is 5.78 Å². The molecule has 0 aromatic carbocycles. The maximum absolute atomic E-state index is 11.4. The first kappa shape index (κ1) is 10.8. The van der Waals surface area contributed by atoms with E-state index < -0.39 is 0 Å². The third-order valence-corrected chi connectivity index (χ3v) is 3.50. The summed E-state index contributed by atoms with van der Waals surface area (Å²) < 4.78 is 0. The third kappa shape index (κ3) is 2.67. The van der Waals surface area contributed by atoms with Gasteiger partial charge in [-0.25, -0.2) is 0 Å². The molecule has 3 heteroatoms. The Morgan fingerprint density at radius 1 is 1.40 bits per heavy atom. The molecule has 2 aliphatic rings. The summed E-state index contributed by atoms with van der Waals surface area (Å²) in [4.78, 5) is 13.9. The van der Waals surface area contributed by atoms with Crippen LogP contribution in [0.1, 0.15) is 19.8 Å². The van der Waals surface area contributed by atoms with Gasteiger partial charge in [0.15, 0.2) is 0 Å². The van der Waals surface area contributed by atoms with E-state index in [1.54, 1.807) is 6.92 Å². The second-order valence-electron chi connectivity index (χ2n) is 4.56. The van der Waals surface area contributed by atoms with Crippen molar-refractivity contribution in [2.45, 2.75) is 25.8 Å². The highest BCUT2D eigenvalue weighted by molar-refractivity contribution is 5.78. The van der Waals surface area contributed by atoms with Gasteiger partial charge >= 0.3 is 0 Å². The van der Waals surface area contributed by atoms with Crippen LogP contribution < -0.4 is 5.32 Å². The van der Waals surface area contributed by atoms with Crippen LogP contribution in [0, 0.1) is 5.92 Å². The number of piperazine rings is 1. The van der Waals surface area contributed by atoms with Gasteiger partial charge in [0.2, 0.25) is 0 Å². The summed E-state index contributed by atoms with van der Waals surface area (Å²) in [5.74, 6) is 0.606. The molecule has 1 heterocycles. The molecule has 0 bridgehead atoms. The minimum Gasteiger partial charge on any atom is -0.314 e. The van der Waals surface area contributed by atoms with E-state index in [4.69, 9.17) is 0 Å². The first-order valence-corrected chi connectivity index (χ1v) is 5.89. The maximum Gasteiger partial charge on any atom is 0.133 e. The Kier molecular flexibility index (Phi) is 3.54. The minimum absolute atomic E-state index is 0.259. The molecular formula is C12H20N2O. The topological polar surface area (TPSA) is 32.3 Å². The van der Waals surface area contributed by atoms with Gasteiger partial charge in [-0.15, -0.1) is 0 Å². The minimum atomic E-state index is 0.259. The number of carbonyl (C=O) groups excluding carboxylic acids is 1. The Labute approximate surface area is 91.5 Å². The molecule has 1 aliphatic carbocycles. The molecule has 1 saturated heterocycles. The van der Waals surface area contributed by atoms with E-state index >= 15 is 0 Å². The zero-order valence-electron chi connectivity index (χ0n) is 9.41. The molecule has 0 amide bonds. The van der Waals surface area contributed by atoms with Crippen molar-refractivity contribution in [3.63, 3.8) is 0 Å². The molecule has 0 unspecified atom stereocenters. The van der Waals surface area contributed by atoms with Crippen LogP contribution in [-0.4, -0.2) is 42.9 Å². The van der Waals surface area contributed by atoms with E-state index in [1.165, 1.54) is 0 Å². The number of nitrogens with one attached hydrogen (secondary N) is 1. The summed E-state index contributed by atoms with van der Waals surface area (Å²) in [7, 11) is 0. The quantitative estimate of drug-likeness (QED) is 0.682. The summed E-state index contributed by atoms with van der Waals surface area (Å²) in [6.07, 6.45) is 6.43. The van der Waals surface area contributed by atoms with Crippen molar-refractivity contribution in [2.24, 2.45) is 5.92 Å². The van der Waals surface area contributed by atoms with Crippen LogP contribution in [-0.2, 0) is 4.79 Å². The molecule has 3 nitrogen and oxygen atoms in total. The number of rotatable bonds is 2. The Morgan fingerprint density at radius 2 is 2.13 bits per heavy atom. The number of hydrogen-bond donors (Lipinski definition) is 1. The molecule has 1 N–H and O–H groups in total. The maximum atomic E-state index is 11.4. The number of Topliss-reactive ketones (excluding diaryl/α,β-unsaturated/α-hetero) is 1. The van der Waals surface area contributed by atoms with Crippen molar-refractivity contribution in [2.75, 3.05) is 26.2 Å². The molecule has 15 heavy (non-hydrogen) atoms. The van der Waals surface area contributed by atoms with Crippen molar-refractivity contribution < 1.29 is 4.79 Å². The highest BCUT2D eigenvalue weighted by Crippen LogP contribution is 2.23. The fourth-order valence-corrected chi connectivity index (χ4v) is 2.48. The lowest BCUT2D eigenvalue weighted by Crippen LogP contribution is -2.49. The van der Waals surface area contributed by atoms with E-state index in [-0.39, 0.29) is 5.92 Å². The van der Waals surface area contributed by atoms with Gasteiger partial charge in [-0.1, -0.05) is 12.2 Å². The van der Waals surface area contributed by atoms with Gasteiger partial charge in [0, 0.05) is 38.1 Å². The Balaban J connectivity index is 1.94. The molecule has 0 aromatic heterocycles. The van der Waals surface area contributed by atoms with Gasteiger partial charge in [0.1, 0.15) is 5.78 Å². The average molecular weight is 208 g/mol. The van der Waals surface area contributed by atoms with Crippen LogP contribution in [0.2, 0.25) is 0 Å². The molecular weight excluding hydrogens is 188 g/mol. The largest absolute Gasteiger partial charge is 0.314 e. The normalized spacial score (nSPS) is 32.9. The summed E-state index contributed by atoms with van der Waals surface area (Å²) in [6.45, 7) is 6.10. The van der Waals surface area contributed by atoms with E-state index in [0.717, 1.165) is 39.0 Å². The molecule has 0 aromatic rings. The Hall–Kier alpha value is -0.670. The molecule has 0 saturated carbocycles. The van der Waals surface area contributed by atoms with Crippen LogP contribution in [0.3, 0.4) is 0 Å². The number of allylic oxidation sites excluding steroid dienone is 1. The summed E-state index contributed by atoms with van der Waals surface area (Å²) in [5.41, 5.74) is 0. The van der Waals surface area contributed by atoms with Gasteiger partial charge < -0.3 is 5.32 Å². The third-order valence-electron chi connectivity index (χ3n) is 3.50. The van der Waals surface area contributed by atoms with E-state index in [2.05, 4.69) is 22.4 Å². The smallest absolute Gasteiger partial charge is 0.133 e. The zero-order valence-corrected chi connectivity index (χ0v) is 9.41. The van der Waals surface area contributed by atoms with E-state index in [9.17, 15) is 4.79 Å². The van der Waals surface area contributed by atoms with Gasteiger partial charge in [-0.2, -0.15) is 0 Å². The molecule has 1 fully saturated rings. The van der Waals surface area contributed by atoms with E-state index in [1.807, 2.05) is 0 Å². The van der Waals surface area contributed by atoms with Crippen molar-refractivity contribution in [1.29, 1.82) is 0 Å². The first-order valence-electron chi connectivity index (χ1n) is 5.89. The Morgan fingerprint density at radius 3 is 2.80 bits per heavy atom. The molecule has 0 spiro atoms.